The summed E-state index contributed by atoms with van der Waals surface area (Å²) in [6.07, 6.45) is 6.48. The molecule has 0 unspecified atom stereocenters. The number of nitriles is 1. The first kappa shape index (κ1) is 8.10. The second kappa shape index (κ2) is 4.00. The molecule has 0 aliphatic heterocycles. The Kier molecular flexibility index (Phi) is 2.70. The summed E-state index contributed by atoms with van der Waals surface area (Å²) in [7, 11) is 0. The van der Waals surface area contributed by atoms with Crippen LogP contribution in [0.3, 0.4) is 0 Å². The van der Waals surface area contributed by atoms with Crippen molar-refractivity contribution < 1.29 is 4.74 Å². The molecule has 0 N–H and O–H groups in total. The monoisotopic (exact) mass is 158 g/mol. The van der Waals surface area contributed by atoms with Gasteiger partial charge in [0, 0.05) is 12.3 Å². The summed E-state index contributed by atoms with van der Waals surface area (Å²) in [5, 5.41) is 8.51. The summed E-state index contributed by atoms with van der Waals surface area (Å²) in [6, 6.07) is 5.11. The molecule has 1 heterocycles. The van der Waals surface area contributed by atoms with E-state index in [9.17, 15) is 0 Å². The minimum absolute atomic E-state index is 0.169. The number of hydrogen-bond acceptors (Lipinski definition) is 3. The molecule has 0 aromatic carbocycles. The third-order valence-electron chi connectivity index (χ3n) is 1.17. The van der Waals surface area contributed by atoms with E-state index < -0.39 is 0 Å². The van der Waals surface area contributed by atoms with Crippen LogP contribution in [0.1, 0.15) is 5.56 Å². The van der Waals surface area contributed by atoms with Crippen LogP contribution in [0.15, 0.2) is 18.3 Å². The summed E-state index contributed by atoms with van der Waals surface area (Å²) >= 11 is 0. The number of ether oxygens (including phenoxy) is 1. The van der Waals surface area contributed by atoms with Gasteiger partial charge >= 0.3 is 0 Å². The van der Waals surface area contributed by atoms with Crippen LogP contribution in [-0.4, -0.2) is 11.6 Å². The Morgan fingerprint density at radius 2 is 2.50 bits per heavy atom. The van der Waals surface area contributed by atoms with Crippen molar-refractivity contribution in [3.63, 3.8) is 0 Å². The van der Waals surface area contributed by atoms with Gasteiger partial charge in [-0.2, -0.15) is 5.26 Å². The average Bonchev–Trinajstić information content (AvgIpc) is 2.15. The average molecular weight is 158 g/mol. The standard InChI is InChI=1S/C9H6N2O/c1-2-5-12-9-6-8(7-10)3-4-11-9/h1,3-4,6H,5H2. The van der Waals surface area contributed by atoms with E-state index in [1.807, 2.05) is 6.07 Å². The maximum Gasteiger partial charge on any atom is 0.215 e. The molecule has 1 aromatic rings. The zero-order chi connectivity index (χ0) is 8.81. The molecule has 0 spiro atoms. The zero-order valence-electron chi connectivity index (χ0n) is 6.32. The van der Waals surface area contributed by atoms with Crippen molar-refractivity contribution in [3.8, 4) is 24.3 Å². The van der Waals surface area contributed by atoms with Gasteiger partial charge in [-0.3, -0.25) is 0 Å². The summed E-state index contributed by atoms with van der Waals surface area (Å²) < 4.78 is 5.00. The first-order valence-electron chi connectivity index (χ1n) is 3.29. The van der Waals surface area contributed by atoms with Gasteiger partial charge in [-0.15, -0.1) is 6.42 Å². The molecule has 0 aliphatic carbocycles. The molecular weight excluding hydrogens is 152 g/mol. The van der Waals surface area contributed by atoms with E-state index in [0.717, 1.165) is 0 Å². The predicted octanol–water partition coefficient (Wildman–Crippen LogP) is 0.965. The number of rotatable bonds is 2. The minimum atomic E-state index is 0.169. The van der Waals surface area contributed by atoms with Crippen LogP contribution >= 0.6 is 0 Å². The third-order valence-corrected chi connectivity index (χ3v) is 1.17. The number of hydrogen-bond donors (Lipinski definition) is 0. The molecule has 0 radical (unpaired) electrons. The van der Waals surface area contributed by atoms with Crippen LogP contribution in [0.2, 0.25) is 0 Å². The van der Waals surface area contributed by atoms with Gasteiger partial charge in [0.25, 0.3) is 0 Å². The van der Waals surface area contributed by atoms with Crippen LogP contribution < -0.4 is 4.74 Å². The highest BCUT2D eigenvalue weighted by Gasteiger charge is 1.94. The van der Waals surface area contributed by atoms with Gasteiger partial charge in [0.2, 0.25) is 5.88 Å². The molecule has 0 amide bonds. The van der Waals surface area contributed by atoms with E-state index >= 15 is 0 Å². The van der Waals surface area contributed by atoms with E-state index in [-0.39, 0.29) is 6.61 Å². The molecule has 58 valence electrons. The SMILES string of the molecule is C#CCOc1cc(C#N)ccn1. The molecule has 0 saturated carbocycles. The van der Waals surface area contributed by atoms with Gasteiger partial charge in [-0.1, -0.05) is 5.92 Å². The summed E-state index contributed by atoms with van der Waals surface area (Å²) in [6.45, 7) is 0.169. The van der Waals surface area contributed by atoms with Gasteiger partial charge in [0.1, 0.15) is 0 Å². The third kappa shape index (κ3) is 2.00. The number of pyridine rings is 1. The lowest BCUT2D eigenvalue weighted by Crippen LogP contribution is -1.95. The topological polar surface area (TPSA) is 45.9 Å². The molecule has 0 aliphatic rings. The van der Waals surface area contributed by atoms with Crippen molar-refractivity contribution in [1.29, 1.82) is 5.26 Å². The maximum atomic E-state index is 8.51. The lowest BCUT2D eigenvalue weighted by molar-refractivity contribution is 0.355. The van der Waals surface area contributed by atoms with Crippen LogP contribution in [-0.2, 0) is 0 Å². The Bertz CT molecular complexity index is 346. The van der Waals surface area contributed by atoms with Crippen LogP contribution in [0.25, 0.3) is 0 Å². The summed E-state index contributed by atoms with van der Waals surface area (Å²) in [5.74, 6) is 2.69. The van der Waals surface area contributed by atoms with Crippen molar-refractivity contribution in [1.82, 2.24) is 4.98 Å². The van der Waals surface area contributed by atoms with Gasteiger partial charge < -0.3 is 4.74 Å². The fourth-order valence-electron chi connectivity index (χ4n) is 0.674. The highest BCUT2D eigenvalue weighted by Crippen LogP contribution is 2.07. The second-order valence-electron chi connectivity index (χ2n) is 1.99. The summed E-state index contributed by atoms with van der Waals surface area (Å²) in [5.41, 5.74) is 0.511. The Hall–Kier alpha value is -2.00. The van der Waals surface area contributed by atoms with Crippen LogP contribution in [0.5, 0.6) is 5.88 Å². The molecular formula is C9H6N2O. The lowest BCUT2D eigenvalue weighted by Gasteiger charge is -1.98. The number of nitrogens with zero attached hydrogens (tertiary/aromatic N) is 2. The zero-order valence-corrected chi connectivity index (χ0v) is 6.32. The van der Waals surface area contributed by atoms with E-state index in [4.69, 9.17) is 16.4 Å². The quantitative estimate of drug-likeness (QED) is 0.602. The molecule has 1 aromatic heterocycles. The highest BCUT2D eigenvalue weighted by molar-refractivity contribution is 5.31. The Balaban J connectivity index is 2.76. The Labute approximate surface area is 70.6 Å². The summed E-state index contributed by atoms with van der Waals surface area (Å²) in [4.78, 5) is 3.86. The molecule has 1 rings (SSSR count). The second-order valence-corrected chi connectivity index (χ2v) is 1.99. The highest BCUT2D eigenvalue weighted by atomic mass is 16.5. The number of terminal acetylenes is 1. The molecule has 3 nitrogen and oxygen atoms in total. The van der Waals surface area contributed by atoms with Gasteiger partial charge in [0.05, 0.1) is 11.6 Å². The van der Waals surface area contributed by atoms with Crippen molar-refractivity contribution >= 4 is 0 Å². The number of aromatic nitrogens is 1. The first-order chi connectivity index (χ1) is 5.86. The van der Waals surface area contributed by atoms with Crippen molar-refractivity contribution in [2.45, 2.75) is 0 Å². The largest absolute Gasteiger partial charge is 0.464 e. The van der Waals surface area contributed by atoms with Crippen LogP contribution in [0, 0.1) is 23.7 Å². The molecule has 0 bridgehead atoms. The minimum Gasteiger partial charge on any atom is -0.464 e. The molecule has 0 saturated heterocycles. The van der Waals surface area contributed by atoms with Gasteiger partial charge in [-0.25, -0.2) is 4.98 Å². The molecule has 0 fully saturated rings. The normalized spacial score (nSPS) is 8.17. The van der Waals surface area contributed by atoms with E-state index in [1.54, 1.807) is 6.07 Å². The van der Waals surface area contributed by atoms with Gasteiger partial charge in [-0.05, 0) is 6.07 Å². The van der Waals surface area contributed by atoms with E-state index in [2.05, 4.69) is 10.9 Å². The first-order valence-corrected chi connectivity index (χ1v) is 3.29. The van der Waals surface area contributed by atoms with Gasteiger partial charge in [0.15, 0.2) is 6.61 Å². The van der Waals surface area contributed by atoms with Crippen molar-refractivity contribution in [2.75, 3.05) is 6.61 Å². The van der Waals surface area contributed by atoms with Crippen LogP contribution in [0.4, 0.5) is 0 Å². The van der Waals surface area contributed by atoms with Crippen molar-refractivity contribution in [2.24, 2.45) is 0 Å². The fourth-order valence-corrected chi connectivity index (χ4v) is 0.674. The fraction of sp³-hybridized carbons (Fsp3) is 0.111. The molecule has 12 heavy (non-hydrogen) atoms. The smallest absolute Gasteiger partial charge is 0.215 e. The van der Waals surface area contributed by atoms with E-state index in [0.29, 0.717) is 11.4 Å². The predicted molar refractivity (Wildman–Crippen MR) is 43.3 cm³/mol. The van der Waals surface area contributed by atoms with E-state index in [1.165, 1.54) is 12.3 Å². The Morgan fingerprint density at radius 1 is 1.67 bits per heavy atom. The van der Waals surface area contributed by atoms with Crippen molar-refractivity contribution in [3.05, 3.63) is 23.9 Å². The maximum absolute atomic E-state index is 8.51. The lowest BCUT2D eigenvalue weighted by atomic mass is 10.3. The molecule has 3 heteroatoms. The molecule has 0 atom stereocenters. The Morgan fingerprint density at radius 3 is 3.17 bits per heavy atom.